The molecule has 0 aromatic heterocycles. The predicted octanol–water partition coefficient (Wildman–Crippen LogP) is 6.24. The minimum absolute atomic E-state index is 0.0616. The molecule has 0 spiro atoms. The number of likely N-dealkylation sites (N-methyl/N-ethyl adjacent to an activating group) is 1. The summed E-state index contributed by atoms with van der Waals surface area (Å²) in [5.41, 5.74) is 2.76. The second-order valence-corrected chi connectivity index (χ2v) is 7.88. The molecule has 0 saturated heterocycles. The van der Waals surface area contributed by atoms with Gasteiger partial charge in [-0.1, -0.05) is 56.7 Å². The Morgan fingerprint density at radius 2 is 1.68 bits per heavy atom. The van der Waals surface area contributed by atoms with Gasteiger partial charge in [0.15, 0.2) is 0 Å². The highest BCUT2D eigenvalue weighted by Crippen LogP contribution is 2.35. The Labute approximate surface area is 140 Å². The molecule has 0 fully saturated rings. The minimum atomic E-state index is 0.0616. The van der Waals surface area contributed by atoms with E-state index in [9.17, 15) is 0 Å². The normalized spacial score (nSPS) is 16.4. The molecule has 0 aromatic carbocycles. The van der Waals surface area contributed by atoms with Crippen molar-refractivity contribution in [3.63, 3.8) is 0 Å². The Hall–Kier alpha value is -0.820. The SMILES string of the molecule is C=C(C(C)C)C(C)(CC(C)C/C=C\C=C(C)C)N(C)C(C)C. The molecule has 2 unspecified atom stereocenters. The van der Waals surface area contributed by atoms with E-state index in [-0.39, 0.29) is 5.54 Å². The first-order valence-corrected chi connectivity index (χ1v) is 8.74. The maximum Gasteiger partial charge on any atom is 0.0394 e. The first-order valence-electron chi connectivity index (χ1n) is 8.74. The van der Waals surface area contributed by atoms with Crippen molar-refractivity contribution >= 4 is 0 Å². The third-order valence-electron chi connectivity index (χ3n) is 4.79. The number of nitrogens with zero attached hydrogens (tertiary/aromatic N) is 1. The largest absolute Gasteiger partial charge is 0.295 e. The molecule has 2 atom stereocenters. The molecule has 0 saturated carbocycles. The molecular weight excluding hydrogens is 266 g/mol. The zero-order valence-corrected chi connectivity index (χ0v) is 16.5. The quantitative estimate of drug-likeness (QED) is 0.360. The average Bonchev–Trinajstić information content (AvgIpc) is 2.41. The number of hydrogen-bond acceptors (Lipinski definition) is 1. The van der Waals surface area contributed by atoms with E-state index in [1.807, 2.05) is 0 Å². The van der Waals surface area contributed by atoms with Crippen molar-refractivity contribution in [2.45, 2.75) is 79.8 Å². The van der Waals surface area contributed by atoms with Crippen LogP contribution in [0.2, 0.25) is 0 Å². The van der Waals surface area contributed by atoms with E-state index < -0.39 is 0 Å². The van der Waals surface area contributed by atoms with Gasteiger partial charge < -0.3 is 0 Å². The van der Waals surface area contributed by atoms with Crippen LogP contribution in [0.15, 0.2) is 36.0 Å². The van der Waals surface area contributed by atoms with E-state index in [4.69, 9.17) is 0 Å². The molecule has 0 aliphatic heterocycles. The summed E-state index contributed by atoms with van der Waals surface area (Å²) in [4.78, 5) is 2.49. The highest BCUT2D eigenvalue weighted by molar-refractivity contribution is 5.18. The fourth-order valence-electron chi connectivity index (χ4n) is 3.03. The molecule has 0 radical (unpaired) electrons. The van der Waals surface area contributed by atoms with Crippen LogP contribution in [0.3, 0.4) is 0 Å². The zero-order valence-electron chi connectivity index (χ0n) is 16.5. The number of hydrogen-bond donors (Lipinski definition) is 0. The maximum atomic E-state index is 4.43. The van der Waals surface area contributed by atoms with E-state index in [2.05, 4.69) is 92.1 Å². The first-order chi connectivity index (χ1) is 10.0. The van der Waals surface area contributed by atoms with Crippen LogP contribution in [0.4, 0.5) is 0 Å². The van der Waals surface area contributed by atoms with Gasteiger partial charge in [0, 0.05) is 11.6 Å². The number of rotatable bonds is 9. The lowest BCUT2D eigenvalue weighted by Gasteiger charge is -2.46. The smallest absolute Gasteiger partial charge is 0.0394 e. The Morgan fingerprint density at radius 1 is 1.14 bits per heavy atom. The van der Waals surface area contributed by atoms with E-state index >= 15 is 0 Å². The van der Waals surface area contributed by atoms with Gasteiger partial charge in [0.05, 0.1) is 0 Å². The zero-order chi connectivity index (χ0) is 17.5. The van der Waals surface area contributed by atoms with Crippen LogP contribution in [0.1, 0.15) is 68.2 Å². The average molecular weight is 306 g/mol. The molecule has 0 bridgehead atoms. The van der Waals surface area contributed by atoms with Crippen LogP contribution in [0, 0.1) is 11.8 Å². The summed E-state index contributed by atoms with van der Waals surface area (Å²) in [6, 6.07) is 0.522. The van der Waals surface area contributed by atoms with Gasteiger partial charge in [-0.05, 0) is 66.3 Å². The Balaban J connectivity index is 5.03. The van der Waals surface area contributed by atoms with Gasteiger partial charge >= 0.3 is 0 Å². The molecule has 0 heterocycles. The van der Waals surface area contributed by atoms with Crippen LogP contribution in [-0.4, -0.2) is 23.5 Å². The fourth-order valence-corrected chi connectivity index (χ4v) is 3.03. The topological polar surface area (TPSA) is 3.24 Å². The predicted molar refractivity (Wildman–Crippen MR) is 102 cm³/mol. The molecule has 0 amide bonds. The molecule has 0 aliphatic rings. The van der Waals surface area contributed by atoms with Crippen molar-refractivity contribution in [2.75, 3.05) is 7.05 Å². The van der Waals surface area contributed by atoms with E-state index in [0.717, 1.165) is 12.8 Å². The van der Waals surface area contributed by atoms with Crippen molar-refractivity contribution in [1.29, 1.82) is 0 Å². The Morgan fingerprint density at radius 3 is 2.09 bits per heavy atom. The van der Waals surface area contributed by atoms with Crippen molar-refractivity contribution in [3.05, 3.63) is 36.0 Å². The second kappa shape index (κ2) is 9.35. The molecule has 1 nitrogen and oxygen atoms in total. The second-order valence-electron chi connectivity index (χ2n) is 7.88. The van der Waals surface area contributed by atoms with Crippen LogP contribution >= 0.6 is 0 Å². The molecule has 128 valence electrons. The summed E-state index contributed by atoms with van der Waals surface area (Å²) < 4.78 is 0. The van der Waals surface area contributed by atoms with Crippen molar-refractivity contribution in [1.82, 2.24) is 4.90 Å². The summed E-state index contributed by atoms with van der Waals surface area (Å²) in [5, 5.41) is 0. The van der Waals surface area contributed by atoms with Crippen LogP contribution < -0.4 is 0 Å². The first kappa shape index (κ1) is 21.2. The van der Waals surface area contributed by atoms with Gasteiger partial charge in [-0.2, -0.15) is 0 Å². The third-order valence-corrected chi connectivity index (χ3v) is 4.79. The van der Waals surface area contributed by atoms with Gasteiger partial charge in [-0.25, -0.2) is 0 Å². The Kier molecular flexibility index (Phi) is 9.00. The highest BCUT2D eigenvalue weighted by atomic mass is 15.2. The molecule has 1 heteroatoms. The van der Waals surface area contributed by atoms with E-state index in [1.165, 1.54) is 11.1 Å². The van der Waals surface area contributed by atoms with Gasteiger partial charge in [0.2, 0.25) is 0 Å². The van der Waals surface area contributed by atoms with Crippen LogP contribution in [0.5, 0.6) is 0 Å². The summed E-state index contributed by atoms with van der Waals surface area (Å²) >= 11 is 0. The van der Waals surface area contributed by atoms with Gasteiger partial charge in [-0.15, -0.1) is 0 Å². The lowest BCUT2D eigenvalue weighted by atomic mass is 9.77. The summed E-state index contributed by atoms with van der Waals surface area (Å²) in [5.74, 6) is 1.16. The maximum absolute atomic E-state index is 4.43. The van der Waals surface area contributed by atoms with Crippen LogP contribution in [-0.2, 0) is 0 Å². The third kappa shape index (κ3) is 6.52. The standard InChI is InChI=1S/C21H39N/c1-16(2)13-11-12-14-19(7)15-21(9,20(8)17(3)4)22(10)18(5)6/h11-13,17-19H,8,14-15H2,1-7,9-10H3/b12-11-. The number of allylic oxidation sites excluding steroid dienone is 4. The lowest BCUT2D eigenvalue weighted by molar-refractivity contribution is 0.102. The Bertz CT molecular complexity index is 396. The summed E-state index contributed by atoms with van der Waals surface area (Å²) in [6.07, 6.45) is 8.94. The highest BCUT2D eigenvalue weighted by Gasteiger charge is 2.35. The minimum Gasteiger partial charge on any atom is -0.295 e. The van der Waals surface area contributed by atoms with E-state index in [0.29, 0.717) is 17.9 Å². The molecule has 0 rings (SSSR count). The summed E-state index contributed by atoms with van der Waals surface area (Å²) in [7, 11) is 2.24. The van der Waals surface area contributed by atoms with E-state index in [1.54, 1.807) is 0 Å². The molecule has 0 aliphatic carbocycles. The lowest BCUT2D eigenvalue weighted by Crippen LogP contribution is -2.50. The van der Waals surface area contributed by atoms with Crippen LogP contribution in [0.25, 0.3) is 0 Å². The molecular formula is C21H39N. The van der Waals surface area contributed by atoms with Gasteiger partial charge in [0.1, 0.15) is 0 Å². The summed E-state index contributed by atoms with van der Waals surface area (Å²) in [6.45, 7) is 22.5. The molecule has 22 heavy (non-hydrogen) atoms. The fraction of sp³-hybridized carbons (Fsp3) is 0.714. The van der Waals surface area contributed by atoms with Crippen molar-refractivity contribution in [3.8, 4) is 0 Å². The van der Waals surface area contributed by atoms with Crippen molar-refractivity contribution in [2.24, 2.45) is 11.8 Å². The van der Waals surface area contributed by atoms with Crippen molar-refractivity contribution < 1.29 is 0 Å². The monoisotopic (exact) mass is 305 g/mol. The van der Waals surface area contributed by atoms with Gasteiger partial charge in [0.25, 0.3) is 0 Å². The molecule has 0 aromatic rings. The van der Waals surface area contributed by atoms with Gasteiger partial charge in [-0.3, -0.25) is 4.90 Å². The molecule has 0 N–H and O–H groups in total.